The lowest BCUT2D eigenvalue weighted by atomic mass is 10.2. The van der Waals surface area contributed by atoms with Gasteiger partial charge in [0.15, 0.2) is 0 Å². The molecule has 0 unspecified atom stereocenters. The Morgan fingerprint density at radius 2 is 2.06 bits per heavy atom. The van der Waals surface area contributed by atoms with E-state index in [0.717, 1.165) is 12.0 Å². The third kappa shape index (κ3) is 5.32. The number of benzene rings is 1. The van der Waals surface area contributed by atoms with Crippen molar-refractivity contribution >= 4 is 5.97 Å². The van der Waals surface area contributed by atoms with Crippen molar-refractivity contribution in [1.29, 1.82) is 0 Å². The Labute approximate surface area is 95.7 Å². The largest absolute Gasteiger partial charge is 0.458 e. The average molecular weight is 220 g/mol. The summed E-state index contributed by atoms with van der Waals surface area (Å²) in [5, 5.41) is 0. The van der Waals surface area contributed by atoms with Crippen molar-refractivity contribution in [2.24, 2.45) is 0 Å². The maximum Gasteiger partial charge on any atom is 0.330 e. The molecule has 0 aliphatic rings. The second-order valence-electron chi connectivity index (χ2n) is 3.28. The number of rotatable bonds is 6. The van der Waals surface area contributed by atoms with E-state index in [1.54, 1.807) is 13.2 Å². The van der Waals surface area contributed by atoms with Crippen molar-refractivity contribution in [2.45, 2.75) is 13.0 Å². The molecule has 1 aromatic carbocycles. The molecule has 0 amide bonds. The number of hydrogen-bond donors (Lipinski definition) is 0. The van der Waals surface area contributed by atoms with Gasteiger partial charge in [-0.3, -0.25) is 0 Å². The number of ether oxygens (including phenoxy) is 2. The van der Waals surface area contributed by atoms with Crippen molar-refractivity contribution in [2.75, 3.05) is 13.7 Å². The van der Waals surface area contributed by atoms with Gasteiger partial charge in [-0.25, -0.2) is 4.79 Å². The normalized spacial score (nSPS) is 10.6. The second kappa shape index (κ2) is 7.65. The zero-order valence-electron chi connectivity index (χ0n) is 9.39. The van der Waals surface area contributed by atoms with Crippen molar-refractivity contribution in [3.63, 3.8) is 0 Å². The quantitative estimate of drug-likeness (QED) is 0.419. The first-order chi connectivity index (χ1) is 7.83. The van der Waals surface area contributed by atoms with Gasteiger partial charge >= 0.3 is 5.97 Å². The Balaban J connectivity index is 2.23. The Kier molecular flexibility index (Phi) is 5.96. The molecule has 0 radical (unpaired) electrons. The first-order valence-electron chi connectivity index (χ1n) is 5.19. The van der Waals surface area contributed by atoms with Crippen molar-refractivity contribution in [3.05, 3.63) is 48.0 Å². The molecule has 0 aromatic heterocycles. The molecular formula is C13H16O3. The van der Waals surface area contributed by atoms with Gasteiger partial charge in [0, 0.05) is 19.8 Å². The summed E-state index contributed by atoms with van der Waals surface area (Å²) in [6.45, 7) is 0.927. The molecule has 0 atom stereocenters. The zero-order valence-corrected chi connectivity index (χ0v) is 9.39. The molecule has 3 nitrogen and oxygen atoms in total. The predicted molar refractivity (Wildman–Crippen MR) is 61.9 cm³/mol. The van der Waals surface area contributed by atoms with Gasteiger partial charge in [0.1, 0.15) is 6.61 Å². The highest BCUT2D eigenvalue weighted by Gasteiger charge is 1.97. The van der Waals surface area contributed by atoms with Crippen LogP contribution < -0.4 is 0 Å². The number of esters is 1. The average Bonchev–Trinajstić information content (AvgIpc) is 2.33. The van der Waals surface area contributed by atoms with Crippen LogP contribution in [0.4, 0.5) is 0 Å². The highest BCUT2D eigenvalue weighted by Crippen LogP contribution is 2.00. The van der Waals surface area contributed by atoms with Crippen LogP contribution in [0.25, 0.3) is 0 Å². The molecule has 3 heteroatoms. The van der Waals surface area contributed by atoms with E-state index in [1.807, 2.05) is 30.3 Å². The van der Waals surface area contributed by atoms with Crippen LogP contribution in [0, 0.1) is 0 Å². The van der Waals surface area contributed by atoms with Crippen molar-refractivity contribution < 1.29 is 14.3 Å². The molecule has 0 aliphatic heterocycles. The summed E-state index contributed by atoms with van der Waals surface area (Å²) in [4.78, 5) is 11.2. The molecule has 0 saturated heterocycles. The minimum atomic E-state index is -0.319. The molecule has 1 aromatic rings. The fraction of sp³-hybridized carbons (Fsp3) is 0.308. The van der Waals surface area contributed by atoms with E-state index < -0.39 is 0 Å². The van der Waals surface area contributed by atoms with E-state index in [9.17, 15) is 4.79 Å². The first kappa shape index (κ1) is 12.5. The SMILES string of the molecule is COCCC=CC(=O)OCc1ccccc1. The smallest absolute Gasteiger partial charge is 0.330 e. The summed E-state index contributed by atoms with van der Waals surface area (Å²) in [5.41, 5.74) is 0.987. The highest BCUT2D eigenvalue weighted by molar-refractivity contribution is 5.81. The summed E-state index contributed by atoms with van der Waals surface area (Å²) < 4.78 is 9.89. The number of methoxy groups -OCH3 is 1. The molecule has 1 rings (SSSR count). The third-order valence-corrected chi connectivity index (χ3v) is 1.97. The Hall–Kier alpha value is -1.61. The van der Waals surface area contributed by atoms with Gasteiger partial charge in [0.05, 0.1) is 0 Å². The van der Waals surface area contributed by atoms with E-state index in [4.69, 9.17) is 9.47 Å². The van der Waals surface area contributed by atoms with E-state index in [0.29, 0.717) is 13.2 Å². The summed E-state index contributed by atoms with van der Waals surface area (Å²) in [7, 11) is 1.63. The summed E-state index contributed by atoms with van der Waals surface area (Å²) >= 11 is 0. The van der Waals surface area contributed by atoms with E-state index in [-0.39, 0.29) is 5.97 Å². The monoisotopic (exact) mass is 220 g/mol. The van der Waals surface area contributed by atoms with Crippen LogP contribution in [0.15, 0.2) is 42.5 Å². The third-order valence-electron chi connectivity index (χ3n) is 1.97. The Bertz CT molecular complexity index is 330. The zero-order chi connectivity index (χ0) is 11.6. The standard InChI is InChI=1S/C13H16O3/c1-15-10-6-5-9-13(14)16-11-12-7-3-2-4-8-12/h2-5,7-9H,6,10-11H2,1H3. The molecule has 86 valence electrons. The van der Waals surface area contributed by atoms with Crippen LogP contribution >= 0.6 is 0 Å². The van der Waals surface area contributed by atoms with E-state index in [1.165, 1.54) is 6.08 Å². The second-order valence-corrected chi connectivity index (χ2v) is 3.28. The first-order valence-corrected chi connectivity index (χ1v) is 5.19. The Morgan fingerprint density at radius 3 is 2.75 bits per heavy atom. The molecule has 0 fully saturated rings. The summed E-state index contributed by atoms with van der Waals surface area (Å²) in [5.74, 6) is -0.319. The Morgan fingerprint density at radius 1 is 1.31 bits per heavy atom. The van der Waals surface area contributed by atoms with Crippen LogP contribution in [0.3, 0.4) is 0 Å². The number of hydrogen-bond acceptors (Lipinski definition) is 3. The number of carbonyl (C=O) groups is 1. The lowest BCUT2D eigenvalue weighted by Gasteiger charge is -2.01. The minimum Gasteiger partial charge on any atom is -0.458 e. The molecule has 0 spiro atoms. The molecule has 0 aliphatic carbocycles. The fourth-order valence-electron chi connectivity index (χ4n) is 1.14. The van der Waals surface area contributed by atoms with Gasteiger partial charge < -0.3 is 9.47 Å². The minimum absolute atomic E-state index is 0.314. The van der Waals surface area contributed by atoms with Gasteiger partial charge in [0.25, 0.3) is 0 Å². The van der Waals surface area contributed by atoms with Crippen LogP contribution in [0.1, 0.15) is 12.0 Å². The topological polar surface area (TPSA) is 35.5 Å². The van der Waals surface area contributed by atoms with Crippen LogP contribution in [0.5, 0.6) is 0 Å². The number of carbonyl (C=O) groups excluding carboxylic acids is 1. The van der Waals surface area contributed by atoms with Gasteiger partial charge in [-0.05, 0) is 12.0 Å². The lowest BCUT2D eigenvalue weighted by molar-refractivity contribution is -0.139. The van der Waals surface area contributed by atoms with Crippen LogP contribution in [-0.4, -0.2) is 19.7 Å². The summed E-state index contributed by atoms with van der Waals surface area (Å²) in [6, 6.07) is 9.59. The maximum atomic E-state index is 11.2. The van der Waals surface area contributed by atoms with Crippen molar-refractivity contribution in [1.82, 2.24) is 0 Å². The molecule has 16 heavy (non-hydrogen) atoms. The van der Waals surface area contributed by atoms with Crippen LogP contribution in [-0.2, 0) is 20.9 Å². The molecule has 0 heterocycles. The van der Waals surface area contributed by atoms with Gasteiger partial charge in [-0.15, -0.1) is 0 Å². The predicted octanol–water partition coefficient (Wildman–Crippen LogP) is 2.32. The van der Waals surface area contributed by atoms with Crippen LogP contribution in [0.2, 0.25) is 0 Å². The maximum absolute atomic E-state index is 11.2. The fourth-order valence-corrected chi connectivity index (χ4v) is 1.14. The van der Waals surface area contributed by atoms with E-state index >= 15 is 0 Å². The summed E-state index contributed by atoms with van der Waals surface area (Å²) in [6.07, 6.45) is 3.90. The van der Waals surface area contributed by atoms with Gasteiger partial charge in [0.2, 0.25) is 0 Å². The molecule has 0 bridgehead atoms. The van der Waals surface area contributed by atoms with Crippen molar-refractivity contribution in [3.8, 4) is 0 Å². The van der Waals surface area contributed by atoms with E-state index in [2.05, 4.69) is 0 Å². The lowest BCUT2D eigenvalue weighted by Crippen LogP contribution is -2.00. The molecule has 0 saturated carbocycles. The van der Waals surface area contributed by atoms with Gasteiger partial charge in [-0.2, -0.15) is 0 Å². The molecule has 0 N–H and O–H groups in total. The highest BCUT2D eigenvalue weighted by atomic mass is 16.5. The van der Waals surface area contributed by atoms with Gasteiger partial charge in [-0.1, -0.05) is 36.4 Å². The molecular weight excluding hydrogens is 204 g/mol.